The van der Waals surface area contributed by atoms with Gasteiger partial charge in [0.05, 0.1) is 34.2 Å². The number of nitrogens with one attached hydrogen (secondary N) is 4. The number of fused-ring (bicyclic) bond motifs is 3. The van der Waals surface area contributed by atoms with E-state index in [9.17, 15) is 0 Å². The molecule has 2 aliphatic heterocycles. The molecular formula is C32H30N6. The maximum absolute atomic E-state index is 4.91. The molecule has 2 saturated heterocycles. The molecule has 2 fully saturated rings. The van der Waals surface area contributed by atoms with Crippen molar-refractivity contribution in [2.24, 2.45) is 0 Å². The van der Waals surface area contributed by atoms with Gasteiger partial charge in [-0.1, -0.05) is 48.5 Å². The van der Waals surface area contributed by atoms with E-state index in [1.807, 2.05) is 0 Å². The average Bonchev–Trinajstić information content (AvgIpc) is 3.77. The van der Waals surface area contributed by atoms with E-state index in [0.717, 1.165) is 59.6 Å². The van der Waals surface area contributed by atoms with Crippen LogP contribution in [0.15, 0.2) is 72.8 Å². The van der Waals surface area contributed by atoms with Crippen molar-refractivity contribution < 1.29 is 0 Å². The molecule has 0 aliphatic carbocycles. The third-order valence-corrected chi connectivity index (χ3v) is 8.31. The van der Waals surface area contributed by atoms with Gasteiger partial charge in [-0.25, -0.2) is 9.97 Å². The van der Waals surface area contributed by atoms with E-state index >= 15 is 0 Å². The van der Waals surface area contributed by atoms with Crippen LogP contribution in [-0.2, 0) is 0 Å². The summed E-state index contributed by atoms with van der Waals surface area (Å²) in [5.74, 6) is 2.09. The highest BCUT2D eigenvalue weighted by molar-refractivity contribution is 6.05. The predicted octanol–water partition coefficient (Wildman–Crippen LogP) is 6.78. The van der Waals surface area contributed by atoms with Gasteiger partial charge in [0.15, 0.2) is 0 Å². The van der Waals surface area contributed by atoms with E-state index in [-0.39, 0.29) is 0 Å². The Morgan fingerprint density at radius 3 is 1.92 bits per heavy atom. The van der Waals surface area contributed by atoms with Gasteiger partial charge in [-0.3, -0.25) is 0 Å². The van der Waals surface area contributed by atoms with Crippen LogP contribution in [0.25, 0.3) is 55.1 Å². The molecule has 6 aromatic rings. The second-order valence-electron chi connectivity index (χ2n) is 10.7. The van der Waals surface area contributed by atoms with Gasteiger partial charge in [0.2, 0.25) is 0 Å². The summed E-state index contributed by atoms with van der Waals surface area (Å²) in [7, 11) is 0. The second kappa shape index (κ2) is 8.79. The van der Waals surface area contributed by atoms with Crippen LogP contribution in [0.2, 0.25) is 0 Å². The molecule has 6 heteroatoms. The molecule has 0 radical (unpaired) electrons. The summed E-state index contributed by atoms with van der Waals surface area (Å²) >= 11 is 0. The molecule has 8 rings (SSSR count). The lowest BCUT2D eigenvalue weighted by Crippen LogP contribution is -2.13. The van der Waals surface area contributed by atoms with Gasteiger partial charge in [-0.15, -0.1) is 0 Å². The minimum Gasteiger partial charge on any atom is -0.341 e. The zero-order valence-electron chi connectivity index (χ0n) is 21.2. The zero-order valence-corrected chi connectivity index (χ0v) is 21.2. The lowest BCUT2D eigenvalue weighted by molar-refractivity contribution is 0.614. The van der Waals surface area contributed by atoms with Gasteiger partial charge in [0, 0.05) is 0 Å². The number of nitrogens with zero attached hydrogens (tertiary/aromatic N) is 2. The van der Waals surface area contributed by atoms with Crippen LogP contribution in [0.3, 0.4) is 0 Å². The number of H-pyrrole nitrogens is 2. The first-order valence-corrected chi connectivity index (χ1v) is 13.8. The Morgan fingerprint density at radius 1 is 0.632 bits per heavy atom. The molecule has 38 heavy (non-hydrogen) atoms. The third-order valence-electron chi connectivity index (χ3n) is 8.31. The predicted molar refractivity (Wildman–Crippen MR) is 154 cm³/mol. The maximum Gasteiger partial charge on any atom is 0.124 e. The van der Waals surface area contributed by atoms with Gasteiger partial charge in [0.25, 0.3) is 0 Å². The largest absolute Gasteiger partial charge is 0.341 e. The third kappa shape index (κ3) is 3.63. The standard InChI is InChI=1S/C32H30N6/c1-2-6-22-19(5-1)9-12-23(20-10-13-24-28(17-20)37-31(35-24)26-7-3-15-33-26)30(22)21-11-14-25-29(18-21)38-32(36-25)27-8-4-16-34-27/h1-2,5-6,9-14,17-18,26-27,33-34H,3-4,7-8,15-16H2,(H,35,37)(H,36,38). The Balaban J connectivity index is 1.28. The van der Waals surface area contributed by atoms with Crippen LogP contribution in [0.5, 0.6) is 0 Å². The summed E-state index contributed by atoms with van der Waals surface area (Å²) in [5, 5.41) is 9.61. The van der Waals surface area contributed by atoms with Crippen molar-refractivity contribution in [3.8, 4) is 22.3 Å². The fraction of sp³-hybridized carbons (Fsp3) is 0.250. The molecule has 0 bridgehead atoms. The fourth-order valence-electron chi connectivity index (χ4n) is 6.37. The van der Waals surface area contributed by atoms with Crippen molar-refractivity contribution in [3.63, 3.8) is 0 Å². The topological polar surface area (TPSA) is 81.4 Å². The van der Waals surface area contributed by atoms with Crippen LogP contribution < -0.4 is 10.6 Å². The first-order valence-electron chi connectivity index (χ1n) is 13.8. The average molecular weight is 499 g/mol. The molecular weight excluding hydrogens is 468 g/mol. The van der Waals surface area contributed by atoms with Gasteiger partial charge in [-0.05, 0) is 96.1 Å². The van der Waals surface area contributed by atoms with Crippen molar-refractivity contribution in [2.75, 3.05) is 13.1 Å². The molecule has 6 nitrogen and oxygen atoms in total. The van der Waals surface area contributed by atoms with Gasteiger partial charge in [0.1, 0.15) is 11.6 Å². The van der Waals surface area contributed by atoms with E-state index in [1.54, 1.807) is 0 Å². The highest BCUT2D eigenvalue weighted by atomic mass is 15.0. The van der Waals surface area contributed by atoms with E-state index in [0.29, 0.717) is 12.1 Å². The Labute approximate surface area is 220 Å². The SMILES string of the molecule is c1ccc2c(-c3ccc4nc(C5CCCN5)[nH]c4c3)c(-c3ccc4nc(C5CCCN5)[nH]c4c3)ccc2c1. The minimum absolute atomic E-state index is 0.324. The van der Waals surface area contributed by atoms with Crippen molar-refractivity contribution in [3.05, 3.63) is 84.4 Å². The highest BCUT2D eigenvalue weighted by Gasteiger charge is 2.22. The summed E-state index contributed by atoms with van der Waals surface area (Å²) in [6, 6.07) is 27.1. The smallest absolute Gasteiger partial charge is 0.124 e. The Morgan fingerprint density at radius 2 is 1.26 bits per heavy atom. The molecule has 188 valence electrons. The van der Waals surface area contributed by atoms with Crippen LogP contribution in [-0.4, -0.2) is 33.0 Å². The van der Waals surface area contributed by atoms with E-state index < -0.39 is 0 Å². The molecule has 2 unspecified atom stereocenters. The van der Waals surface area contributed by atoms with Gasteiger partial charge < -0.3 is 20.6 Å². The quantitative estimate of drug-likeness (QED) is 0.216. The summed E-state index contributed by atoms with van der Waals surface area (Å²) < 4.78 is 0. The summed E-state index contributed by atoms with van der Waals surface area (Å²) in [6.45, 7) is 2.12. The Kier molecular flexibility index (Phi) is 5.10. The Bertz CT molecular complexity index is 1800. The molecule has 0 amide bonds. The maximum atomic E-state index is 4.91. The summed E-state index contributed by atoms with van der Waals surface area (Å²) in [5.41, 5.74) is 9.06. The van der Waals surface area contributed by atoms with Gasteiger partial charge >= 0.3 is 0 Å². The number of benzene rings is 4. The summed E-state index contributed by atoms with van der Waals surface area (Å²) in [4.78, 5) is 17.0. The van der Waals surface area contributed by atoms with Crippen molar-refractivity contribution in [1.82, 2.24) is 30.6 Å². The van der Waals surface area contributed by atoms with Crippen LogP contribution in [0, 0.1) is 0 Å². The lowest BCUT2D eigenvalue weighted by Gasteiger charge is -2.14. The number of hydrogen-bond donors (Lipinski definition) is 4. The first kappa shape index (κ1) is 22.0. The fourth-order valence-corrected chi connectivity index (χ4v) is 6.37. The summed E-state index contributed by atoms with van der Waals surface area (Å²) in [6.07, 6.45) is 4.67. The van der Waals surface area contributed by atoms with Crippen molar-refractivity contribution in [1.29, 1.82) is 0 Å². The normalized spacial score (nSPS) is 19.8. The van der Waals surface area contributed by atoms with Gasteiger partial charge in [-0.2, -0.15) is 0 Å². The number of hydrogen-bond acceptors (Lipinski definition) is 4. The molecule has 4 aromatic carbocycles. The second-order valence-corrected chi connectivity index (χ2v) is 10.7. The monoisotopic (exact) mass is 498 g/mol. The zero-order chi connectivity index (χ0) is 25.1. The lowest BCUT2D eigenvalue weighted by atomic mass is 9.89. The Hall–Kier alpha value is -4.00. The molecule has 4 N–H and O–H groups in total. The number of rotatable bonds is 4. The van der Waals surface area contributed by atoms with Crippen LogP contribution >= 0.6 is 0 Å². The molecule has 0 spiro atoms. The molecule has 2 aromatic heterocycles. The molecule has 2 aliphatic rings. The number of aromatic amines is 2. The molecule has 4 heterocycles. The van der Waals surface area contributed by atoms with E-state index in [4.69, 9.17) is 9.97 Å². The van der Waals surface area contributed by atoms with E-state index in [1.165, 1.54) is 45.9 Å². The van der Waals surface area contributed by atoms with Crippen LogP contribution in [0.4, 0.5) is 0 Å². The molecule has 2 atom stereocenters. The van der Waals surface area contributed by atoms with E-state index in [2.05, 4.69) is 93.4 Å². The number of aromatic nitrogens is 4. The number of imidazole rings is 2. The van der Waals surface area contributed by atoms with Crippen molar-refractivity contribution >= 4 is 32.8 Å². The minimum atomic E-state index is 0.324. The highest BCUT2D eigenvalue weighted by Crippen LogP contribution is 2.40. The first-order chi connectivity index (χ1) is 18.8. The van der Waals surface area contributed by atoms with Crippen molar-refractivity contribution in [2.45, 2.75) is 37.8 Å². The molecule has 0 saturated carbocycles. The van der Waals surface area contributed by atoms with Crippen LogP contribution in [0.1, 0.15) is 49.4 Å².